The van der Waals surface area contributed by atoms with Gasteiger partial charge in [-0.15, -0.1) is 0 Å². The number of amides is 1. The van der Waals surface area contributed by atoms with E-state index >= 15 is 0 Å². The SMILES string of the molecule is CC1CCNC(C(=O)NC(C)c2ccc3c(c2)OCCO3)C1. The van der Waals surface area contributed by atoms with Crippen molar-refractivity contribution in [1.82, 2.24) is 10.6 Å². The second-order valence-corrected chi connectivity index (χ2v) is 6.27. The molecule has 1 aromatic rings. The van der Waals surface area contributed by atoms with Gasteiger partial charge < -0.3 is 20.1 Å². The minimum absolute atomic E-state index is 0.0534. The van der Waals surface area contributed by atoms with Crippen molar-refractivity contribution in [2.45, 2.75) is 38.8 Å². The molecule has 2 aliphatic rings. The highest BCUT2D eigenvalue weighted by Crippen LogP contribution is 2.32. The Labute approximate surface area is 131 Å². The summed E-state index contributed by atoms with van der Waals surface area (Å²) in [6.07, 6.45) is 2.04. The van der Waals surface area contributed by atoms with Gasteiger partial charge in [0.15, 0.2) is 11.5 Å². The Morgan fingerprint density at radius 1 is 1.32 bits per heavy atom. The number of benzene rings is 1. The highest BCUT2D eigenvalue weighted by molar-refractivity contribution is 5.82. The number of carbonyl (C=O) groups excluding carboxylic acids is 1. The first-order valence-corrected chi connectivity index (χ1v) is 8.07. The second-order valence-electron chi connectivity index (χ2n) is 6.27. The van der Waals surface area contributed by atoms with Crippen molar-refractivity contribution >= 4 is 5.91 Å². The molecule has 3 unspecified atom stereocenters. The molecule has 0 spiro atoms. The zero-order chi connectivity index (χ0) is 15.5. The van der Waals surface area contributed by atoms with E-state index in [1.54, 1.807) is 0 Å². The van der Waals surface area contributed by atoms with Gasteiger partial charge in [0.1, 0.15) is 13.2 Å². The lowest BCUT2D eigenvalue weighted by Gasteiger charge is -2.28. The molecule has 2 heterocycles. The van der Waals surface area contributed by atoms with Crippen molar-refractivity contribution in [3.8, 4) is 11.5 Å². The number of piperidine rings is 1. The van der Waals surface area contributed by atoms with Crippen LogP contribution in [0.5, 0.6) is 11.5 Å². The molecule has 0 aromatic heterocycles. The average molecular weight is 304 g/mol. The van der Waals surface area contributed by atoms with Gasteiger partial charge in [0.2, 0.25) is 5.91 Å². The van der Waals surface area contributed by atoms with Crippen LogP contribution in [0.15, 0.2) is 18.2 Å². The summed E-state index contributed by atoms with van der Waals surface area (Å²) >= 11 is 0. The van der Waals surface area contributed by atoms with Gasteiger partial charge in [0.05, 0.1) is 12.1 Å². The van der Waals surface area contributed by atoms with E-state index in [9.17, 15) is 4.79 Å². The monoisotopic (exact) mass is 304 g/mol. The Balaban J connectivity index is 1.63. The lowest BCUT2D eigenvalue weighted by Crippen LogP contribution is -2.48. The Morgan fingerprint density at radius 2 is 2.09 bits per heavy atom. The molecule has 2 N–H and O–H groups in total. The number of fused-ring (bicyclic) bond motifs is 1. The van der Waals surface area contributed by atoms with Crippen LogP contribution in [0.1, 0.15) is 38.3 Å². The molecule has 5 nitrogen and oxygen atoms in total. The predicted molar refractivity (Wildman–Crippen MR) is 84.2 cm³/mol. The molecule has 0 bridgehead atoms. The van der Waals surface area contributed by atoms with E-state index in [-0.39, 0.29) is 18.0 Å². The van der Waals surface area contributed by atoms with Crippen molar-refractivity contribution in [2.24, 2.45) is 5.92 Å². The van der Waals surface area contributed by atoms with E-state index in [1.165, 1.54) is 0 Å². The van der Waals surface area contributed by atoms with Crippen LogP contribution in [0, 0.1) is 5.92 Å². The third kappa shape index (κ3) is 3.35. The fourth-order valence-corrected chi connectivity index (χ4v) is 3.03. The third-order valence-electron chi connectivity index (χ3n) is 4.41. The largest absolute Gasteiger partial charge is 0.486 e. The number of rotatable bonds is 3. The van der Waals surface area contributed by atoms with Crippen LogP contribution in [0.3, 0.4) is 0 Å². The van der Waals surface area contributed by atoms with E-state index in [0.29, 0.717) is 19.1 Å². The van der Waals surface area contributed by atoms with Gasteiger partial charge in [-0.1, -0.05) is 13.0 Å². The summed E-state index contributed by atoms with van der Waals surface area (Å²) in [5, 5.41) is 6.39. The highest BCUT2D eigenvalue weighted by Gasteiger charge is 2.25. The normalized spacial score (nSPS) is 25.4. The van der Waals surface area contributed by atoms with E-state index < -0.39 is 0 Å². The van der Waals surface area contributed by atoms with Crippen LogP contribution >= 0.6 is 0 Å². The minimum atomic E-state index is -0.0802. The molecule has 3 rings (SSSR count). The van der Waals surface area contributed by atoms with Crippen LogP contribution < -0.4 is 20.1 Å². The third-order valence-corrected chi connectivity index (χ3v) is 4.41. The van der Waals surface area contributed by atoms with Crippen LogP contribution in [0.4, 0.5) is 0 Å². The molecule has 1 aromatic carbocycles. The quantitative estimate of drug-likeness (QED) is 0.897. The van der Waals surface area contributed by atoms with Crippen molar-refractivity contribution in [3.63, 3.8) is 0 Å². The highest BCUT2D eigenvalue weighted by atomic mass is 16.6. The fraction of sp³-hybridized carbons (Fsp3) is 0.588. The number of carbonyl (C=O) groups is 1. The van der Waals surface area contributed by atoms with E-state index in [1.807, 2.05) is 25.1 Å². The van der Waals surface area contributed by atoms with Crippen molar-refractivity contribution in [1.29, 1.82) is 0 Å². The number of hydrogen-bond donors (Lipinski definition) is 2. The predicted octanol–water partition coefficient (Wildman–Crippen LogP) is 2.02. The van der Waals surface area contributed by atoms with E-state index in [2.05, 4.69) is 17.6 Å². The molecule has 120 valence electrons. The molecule has 1 saturated heterocycles. The molecule has 3 atom stereocenters. The van der Waals surface area contributed by atoms with E-state index in [0.717, 1.165) is 36.4 Å². The molecule has 0 radical (unpaired) electrons. The standard InChI is InChI=1S/C17H24N2O3/c1-11-5-6-18-14(9-11)17(20)19-12(2)13-3-4-15-16(10-13)22-8-7-21-15/h3-4,10-12,14,18H,5-9H2,1-2H3,(H,19,20). The molecular formula is C17H24N2O3. The first kappa shape index (κ1) is 15.2. The maximum atomic E-state index is 12.4. The summed E-state index contributed by atoms with van der Waals surface area (Å²) in [7, 11) is 0. The zero-order valence-corrected chi connectivity index (χ0v) is 13.2. The number of nitrogens with one attached hydrogen (secondary N) is 2. The lowest BCUT2D eigenvalue weighted by atomic mass is 9.93. The van der Waals surface area contributed by atoms with Crippen LogP contribution in [-0.2, 0) is 4.79 Å². The Bertz CT molecular complexity index is 547. The maximum absolute atomic E-state index is 12.4. The Morgan fingerprint density at radius 3 is 2.86 bits per heavy atom. The molecule has 1 fully saturated rings. The second kappa shape index (κ2) is 6.57. The van der Waals surface area contributed by atoms with Gasteiger partial charge in [0.25, 0.3) is 0 Å². The average Bonchev–Trinajstić information content (AvgIpc) is 2.54. The van der Waals surface area contributed by atoms with Gasteiger partial charge in [-0.05, 0) is 49.9 Å². The Kier molecular flexibility index (Phi) is 4.52. The fourth-order valence-electron chi connectivity index (χ4n) is 3.03. The number of ether oxygens (including phenoxy) is 2. The van der Waals surface area contributed by atoms with Gasteiger partial charge in [-0.3, -0.25) is 4.79 Å². The molecule has 2 aliphatic heterocycles. The first-order chi connectivity index (χ1) is 10.6. The molecule has 1 amide bonds. The molecule has 5 heteroatoms. The van der Waals surface area contributed by atoms with Gasteiger partial charge in [0, 0.05) is 0 Å². The summed E-state index contributed by atoms with van der Waals surface area (Å²) < 4.78 is 11.1. The van der Waals surface area contributed by atoms with Crippen LogP contribution in [0.2, 0.25) is 0 Å². The molecule has 22 heavy (non-hydrogen) atoms. The van der Waals surface area contributed by atoms with Gasteiger partial charge in [-0.2, -0.15) is 0 Å². The van der Waals surface area contributed by atoms with Crippen LogP contribution in [0.25, 0.3) is 0 Å². The van der Waals surface area contributed by atoms with Crippen molar-refractivity contribution in [3.05, 3.63) is 23.8 Å². The molecule has 0 aliphatic carbocycles. The molecule has 0 saturated carbocycles. The summed E-state index contributed by atoms with van der Waals surface area (Å²) in [6, 6.07) is 5.71. The number of hydrogen-bond acceptors (Lipinski definition) is 4. The summed E-state index contributed by atoms with van der Waals surface area (Å²) in [5.74, 6) is 2.21. The van der Waals surface area contributed by atoms with E-state index in [4.69, 9.17) is 9.47 Å². The lowest BCUT2D eigenvalue weighted by molar-refractivity contribution is -0.124. The Hall–Kier alpha value is -1.75. The topological polar surface area (TPSA) is 59.6 Å². The van der Waals surface area contributed by atoms with Crippen LogP contribution in [-0.4, -0.2) is 31.7 Å². The minimum Gasteiger partial charge on any atom is -0.486 e. The summed E-state index contributed by atoms with van der Waals surface area (Å²) in [4.78, 5) is 12.4. The van der Waals surface area contributed by atoms with Crippen molar-refractivity contribution in [2.75, 3.05) is 19.8 Å². The first-order valence-electron chi connectivity index (χ1n) is 8.07. The zero-order valence-electron chi connectivity index (χ0n) is 13.2. The smallest absolute Gasteiger partial charge is 0.237 e. The maximum Gasteiger partial charge on any atom is 0.237 e. The van der Waals surface area contributed by atoms with Gasteiger partial charge in [-0.25, -0.2) is 0 Å². The van der Waals surface area contributed by atoms with Crippen molar-refractivity contribution < 1.29 is 14.3 Å². The van der Waals surface area contributed by atoms with Gasteiger partial charge >= 0.3 is 0 Å². The summed E-state index contributed by atoms with van der Waals surface area (Å²) in [5.41, 5.74) is 1.03. The summed E-state index contributed by atoms with van der Waals surface area (Å²) in [6.45, 7) is 6.27. The molecular weight excluding hydrogens is 280 g/mol.